The molecule has 1 unspecified atom stereocenters. The van der Waals surface area contributed by atoms with Crippen molar-refractivity contribution in [2.45, 2.75) is 13.0 Å². The summed E-state index contributed by atoms with van der Waals surface area (Å²) in [6.45, 7) is 1.71. The van der Waals surface area contributed by atoms with Crippen molar-refractivity contribution in [3.8, 4) is 0 Å². The zero-order chi connectivity index (χ0) is 15.4. The molecule has 0 saturated carbocycles. The fourth-order valence-corrected chi connectivity index (χ4v) is 2.28. The van der Waals surface area contributed by atoms with Crippen LogP contribution in [0, 0.1) is 0 Å². The van der Waals surface area contributed by atoms with Crippen molar-refractivity contribution in [2.24, 2.45) is 0 Å². The molecule has 3 N–H and O–H groups in total. The second kappa shape index (κ2) is 7.09. The lowest BCUT2D eigenvalue weighted by atomic mass is 10.1. The molecule has 0 aliphatic carbocycles. The van der Waals surface area contributed by atoms with Crippen LogP contribution in [0.25, 0.3) is 0 Å². The van der Waals surface area contributed by atoms with Crippen molar-refractivity contribution < 1.29 is 5.11 Å². The number of rotatable bonds is 3. The van der Waals surface area contributed by atoms with Gasteiger partial charge in [-0.05, 0) is 55.0 Å². The molecule has 0 aliphatic heterocycles. The number of aliphatic hydroxyl groups excluding tert-OH is 1. The standard InChI is InChI=1S/C15H14Cl2N2OS/c1-9(20)10-3-2-4-11(7-10)18-15(21)19-12-5-6-13(16)14(17)8-12/h2-9,20H,1H3,(H2,18,19,21). The molecular weight excluding hydrogens is 327 g/mol. The molecule has 2 aromatic carbocycles. The van der Waals surface area contributed by atoms with E-state index in [4.69, 9.17) is 35.4 Å². The zero-order valence-corrected chi connectivity index (χ0v) is 13.6. The molecular formula is C15H14Cl2N2OS. The van der Waals surface area contributed by atoms with Gasteiger partial charge in [0.1, 0.15) is 0 Å². The molecule has 110 valence electrons. The predicted octanol–water partition coefficient (Wildman–Crippen LogP) is 4.86. The van der Waals surface area contributed by atoms with Crippen LogP contribution >= 0.6 is 35.4 Å². The predicted molar refractivity (Wildman–Crippen MR) is 93.4 cm³/mol. The zero-order valence-electron chi connectivity index (χ0n) is 11.2. The SMILES string of the molecule is CC(O)c1cccc(NC(=S)Nc2ccc(Cl)c(Cl)c2)c1. The molecule has 6 heteroatoms. The van der Waals surface area contributed by atoms with Crippen molar-refractivity contribution in [3.63, 3.8) is 0 Å². The maximum absolute atomic E-state index is 9.57. The minimum atomic E-state index is -0.525. The molecule has 0 saturated heterocycles. The third-order valence-corrected chi connectivity index (χ3v) is 3.75. The summed E-state index contributed by atoms with van der Waals surface area (Å²) in [5, 5.41) is 17.0. The average molecular weight is 341 g/mol. The third-order valence-electron chi connectivity index (χ3n) is 2.80. The summed E-state index contributed by atoms with van der Waals surface area (Å²) in [5.74, 6) is 0. The fourth-order valence-electron chi connectivity index (χ4n) is 1.74. The number of hydrogen-bond donors (Lipinski definition) is 3. The lowest BCUT2D eigenvalue weighted by Gasteiger charge is -2.13. The first-order valence-electron chi connectivity index (χ1n) is 6.27. The summed E-state index contributed by atoms with van der Waals surface area (Å²) < 4.78 is 0. The smallest absolute Gasteiger partial charge is 0.175 e. The Morgan fingerprint density at radius 3 is 2.33 bits per heavy atom. The largest absolute Gasteiger partial charge is 0.389 e. The van der Waals surface area contributed by atoms with E-state index >= 15 is 0 Å². The molecule has 0 aromatic heterocycles. The second-order valence-electron chi connectivity index (χ2n) is 4.51. The van der Waals surface area contributed by atoms with Crippen molar-refractivity contribution >= 4 is 51.9 Å². The van der Waals surface area contributed by atoms with E-state index in [0.29, 0.717) is 15.2 Å². The Morgan fingerprint density at radius 2 is 1.71 bits per heavy atom. The van der Waals surface area contributed by atoms with Crippen LogP contribution in [0.5, 0.6) is 0 Å². The van der Waals surface area contributed by atoms with Crippen molar-refractivity contribution in [1.29, 1.82) is 0 Å². The van der Waals surface area contributed by atoms with E-state index in [2.05, 4.69) is 10.6 Å². The Morgan fingerprint density at radius 1 is 1.05 bits per heavy atom. The van der Waals surface area contributed by atoms with Crippen LogP contribution in [0.3, 0.4) is 0 Å². The van der Waals surface area contributed by atoms with Gasteiger partial charge in [-0.1, -0.05) is 35.3 Å². The molecule has 2 rings (SSSR count). The van der Waals surface area contributed by atoms with E-state index in [0.717, 1.165) is 16.9 Å². The van der Waals surface area contributed by atoms with Gasteiger partial charge >= 0.3 is 0 Å². The van der Waals surface area contributed by atoms with E-state index in [1.54, 1.807) is 25.1 Å². The lowest BCUT2D eigenvalue weighted by molar-refractivity contribution is 0.199. The van der Waals surface area contributed by atoms with Crippen LogP contribution in [0.1, 0.15) is 18.6 Å². The van der Waals surface area contributed by atoms with Gasteiger partial charge in [-0.25, -0.2) is 0 Å². The molecule has 0 amide bonds. The van der Waals surface area contributed by atoms with Gasteiger partial charge in [0.25, 0.3) is 0 Å². The summed E-state index contributed by atoms with van der Waals surface area (Å²) in [6.07, 6.45) is -0.525. The monoisotopic (exact) mass is 340 g/mol. The van der Waals surface area contributed by atoms with Gasteiger partial charge in [-0.2, -0.15) is 0 Å². The van der Waals surface area contributed by atoms with E-state index in [-0.39, 0.29) is 0 Å². The summed E-state index contributed by atoms with van der Waals surface area (Å²) in [5.41, 5.74) is 2.36. The Hall–Kier alpha value is -1.33. The third kappa shape index (κ3) is 4.58. The summed E-state index contributed by atoms with van der Waals surface area (Å²) in [6, 6.07) is 12.6. The average Bonchev–Trinajstić information content (AvgIpc) is 2.43. The topological polar surface area (TPSA) is 44.3 Å². The maximum atomic E-state index is 9.57. The second-order valence-corrected chi connectivity index (χ2v) is 5.73. The summed E-state index contributed by atoms with van der Waals surface area (Å²) in [7, 11) is 0. The number of aliphatic hydroxyl groups is 1. The van der Waals surface area contributed by atoms with Gasteiger partial charge in [0.2, 0.25) is 0 Å². The Labute approximate surface area is 138 Å². The normalized spacial score (nSPS) is 11.8. The molecule has 3 nitrogen and oxygen atoms in total. The quantitative estimate of drug-likeness (QED) is 0.698. The number of thiocarbonyl (C=S) groups is 1. The molecule has 2 aromatic rings. The fraction of sp³-hybridized carbons (Fsp3) is 0.133. The highest BCUT2D eigenvalue weighted by atomic mass is 35.5. The lowest BCUT2D eigenvalue weighted by Crippen LogP contribution is -2.19. The van der Waals surface area contributed by atoms with Crippen molar-refractivity contribution in [2.75, 3.05) is 10.6 Å². The molecule has 0 aliphatic rings. The minimum absolute atomic E-state index is 0.427. The van der Waals surface area contributed by atoms with Gasteiger partial charge in [-0.15, -0.1) is 0 Å². The van der Waals surface area contributed by atoms with Crippen LogP contribution in [0.2, 0.25) is 10.0 Å². The Kier molecular flexibility index (Phi) is 5.42. The van der Waals surface area contributed by atoms with Gasteiger partial charge in [0.05, 0.1) is 16.1 Å². The Balaban J connectivity index is 2.04. The van der Waals surface area contributed by atoms with Gasteiger partial charge in [0, 0.05) is 11.4 Å². The minimum Gasteiger partial charge on any atom is -0.389 e. The summed E-state index contributed by atoms with van der Waals surface area (Å²) in [4.78, 5) is 0. The van der Waals surface area contributed by atoms with Crippen molar-refractivity contribution in [1.82, 2.24) is 0 Å². The molecule has 0 heterocycles. The molecule has 0 fully saturated rings. The molecule has 21 heavy (non-hydrogen) atoms. The first kappa shape index (κ1) is 16.0. The number of nitrogens with one attached hydrogen (secondary N) is 2. The first-order chi connectivity index (χ1) is 9.95. The molecule has 1 atom stereocenters. The highest BCUT2D eigenvalue weighted by Gasteiger charge is 2.04. The van der Waals surface area contributed by atoms with Crippen LogP contribution in [-0.4, -0.2) is 10.2 Å². The number of halogens is 2. The Bertz CT molecular complexity index is 662. The van der Waals surface area contributed by atoms with Gasteiger partial charge in [0.15, 0.2) is 5.11 Å². The van der Waals surface area contributed by atoms with Crippen LogP contribution < -0.4 is 10.6 Å². The highest BCUT2D eigenvalue weighted by Crippen LogP contribution is 2.25. The summed E-state index contributed by atoms with van der Waals surface area (Å²) >= 11 is 17.1. The molecule has 0 spiro atoms. The number of hydrogen-bond acceptors (Lipinski definition) is 2. The van der Waals surface area contributed by atoms with Crippen LogP contribution in [0.4, 0.5) is 11.4 Å². The highest BCUT2D eigenvalue weighted by molar-refractivity contribution is 7.80. The van der Waals surface area contributed by atoms with Crippen LogP contribution in [0.15, 0.2) is 42.5 Å². The van der Waals surface area contributed by atoms with E-state index in [1.807, 2.05) is 24.3 Å². The molecule has 0 bridgehead atoms. The number of benzene rings is 2. The van der Waals surface area contributed by atoms with E-state index in [9.17, 15) is 5.11 Å². The van der Waals surface area contributed by atoms with Gasteiger partial charge in [-0.3, -0.25) is 0 Å². The molecule has 0 radical (unpaired) electrons. The maximum Gasteiger partial charge on any atom is 0.175 e. The number of anilines is 2. The first-order valence-corrected chi connectivity index (χ1v) is 7.43. The van der Waals surface area contributed by atoms with E-state index < -0.39 is 6.10 Å². The van der Waals surface area contributed by atoms with Gasteiger partial charge < -0.3 is 15.7 Å². The van der Waals surface area contributed by atoms with Crippen LogP contribution in [-0.2, 0) is 0 Å². The van der Waals surface area contributed by atoms with E-state index in [1.165, 1.54) is 0 Å². The van der Waals surface area contributed by atoms with Crippen molar-refractivity contribution in [3.05, 3.63) is 58.1 Å².